The van der Waals surface area contributed by atoms with Crippen LogP contribution >= 0.6 is 0 Å². The van der Waals surface area contributed by atoms with Gasteiger partial charge in [0.1, 0.15) is 15.4 Å². The summed E-state index contributed by atoms with van der Waals surface area (Å²) in [6.45, 7) is 0. The van der Waals surface area contributed by atoms with Crippen LogP contribution in [0.4, 0.5) is 13.2 Å². The maximum atomic E-state index is 13.4. The number of nitrogens with one attached hydrogen (secondary N) is 1. The van der Waals surface area contributed by atoms with Crippen molar-refractivity contribution in [3.63, 3.8) is 0 Å². The Morgan fingerprint density at radius 1 is 1.13 bits per heavy atom. The summed E-state index contributed by atoms with van der Waals surface area (Å²) in [7, 11) is -3.52. The molecule has 4 heterocycles. The van der Waals surface area contributed by atoms with Gasteiger partial charge >= 0.3 is 6.18 Å². The Hall–Kier alpha value is -3.28. The van der Waals surface area contributed by atoms with E-state index in [0.717, 1.165) is 23.6 Å². The van der Waals surface area contributed by atoms with Crippen LogP contribution in [-0.4, -0.2) is 56.3 Å². The molecule has 0 amide bonds. The molecule has 1 N–H and O–H groups in total. The summed E-state index contributed by atoms with van der Waals surface area (Å²) in [5, 5.41) is 4.24. The van der Waals surface area contributed by atoms with Crippen molar-refractivity contribution >= 4 is 21.0 Å². The summed E-state index contributed by atoms with van der Waals surface area (Å²) >= 11 is 0. The van der Waals surface area contributed by atoms with Crippen LogP contribution in [-0.2, 0) is 9.84 Å². The van der Waals surface area contributed by atoms with Crippen molar-refractivity contribution < 1.29 is 21.6 Å². The van der Waals surface area contributed by atoms with Gasteiger partial charge in [-0.15, -0.1) is 0 Å². The standard InChI is InChI=1S/C19H17F3N6O2S/c1-31(29,30)7-5-15(19(20,21)22)12-2-3-16(24-8-12)28-10-13(9-27-28)14-4-6-23-18-17(14)25-11-26-18/h2-4,6,8-11,15H,5,7H2,1H3,(H,23,25,26)/t15-/m1/s1. The highest BCUT2D eigenvalue weighted by Gasteiger charge is 2.41. The highest BCUT2D eigenvalue weighted by molar-refractivity contribution is 7.90. The predicted octanol–water partition coefficient (Wildman–Crippen LogP) is 3.29. The summed E-state index contributed by atoms with van der Waals surface area (Å²) in [5.41, 5.74) is 2.74. The van der Waals surface area contributed by atoms with Gasteiger partial charge in [0, 0.05) is 36.0 Å². The lowest BCUT2D eigenvalue weighted by Crippen LogP contribution is -2.23. The Morgan fingerprint density at radius 3 is 2.61 bits per heavy atom. The number of sulfone groups is 1. The van der Waals surface area contributed by atoms with Gasteiger partial charge in [-0.2, -0.15) is 18.3 Å². The van der Waals surface area contributed by atoms with Crippen LogP contribution in [0.3, 0.4) is 0 Å². The zero-order valence-electron chi connectivity index (χ0n) is 16.2. The Kier molecular flexibility index (Phi) is 5.25. The fourth-order valence-electron chi connectivity index (χ4n) is 3.26. The number of aromatic amines is 1. The third-order valence-corrected chi connectivity index (χ3v) is 5.77. The summed E-state index contributed by atoms with van der Waals surface area (Å²) in [5.74, 6) is -2.15. The number of fused-ring (bicyclic) bond motifs is 1. The maximum absolute atomic E-state index is 13.4. The van der Waals surface area contributed by atoms with Crippen LogP contribution in [0.5, 0.6) is 0 Å². The van der Waals surface area contributed by atoms with Gasteiger partial charge in [0.15, 0.2) is 11.5 Å². The summed E-state index contributed by atoms with van der Waals surface area (Å²) in [4.78, 5) is 15.5. The molecule has 1 atom stereocenters. The van der Waals surface area contributed by atoms with Crippen LogP contribution < -0.4 is 0 Å². The second-order valence-corrected chi connectivity index (χ2v) is 9.35. The lowest BCUT2D eigenvalue weighted by atomic mass is 9.97. The smallest absolute Gasteiger partial charge is 0.329 e. The average Bonchev–Trinajstić information content (AvgIpc) is 3.36. The Morgan fingerprint density at radius 2 is 1.94 bits per heavy atom. The topological polar surface area (TPSA) is 106 Å². The first-order valence-electron chi connectivity index (χ1n) is 9.16. The first-order chi connectivity index (χ1) is 14.6. The number of halogens is 3. The third kappa shape index (κ3) is 4.58. The van der Waals surface area contributed by atoms with E-state index in [1.165, 1.54) is 23.1 Å². The Bertz CT molecular complexity index is 1310. The minimum Gasteiger partial charge on any atom is -0.329 e. The molecule has 0 unspecified atom stereocenters. The number of H-pyrrole nitrogens is 1. The predicted molar refractivity (Wildman–Crippen MR) is 107 cm³/mol. The van der Waals surface area contributed by atoms with Crippen LogP contribution in [0.1, 0.15) is 17.9 Å². The Balaban J connectivity index is 1.60. The molecule has 4 aromatic rings. The van der Waals surface area contributed by atoms with Gasteiger partial charge in [-0.3, -0.25) is 0 Å². The fourth-order valence-corrected chi connectivity index (χ4v) is 3.92. The van der Waals surface area contributed by atoms with Crippen molar-refractivity contribution in [3.05, 3.63) is 54.9 Å². The number of pyridine rings is 2. The molecule has 0 radical (unpaired) electrons. The van der Waals surface area contributed by atoms with Crippen molar-refractivity contribution in [3.8, 4) is 16.9 Å². The Labute approximate surface area is 175 Å². The molecule has 12 heteroatoms. The van der Waals surface area contributed by atoms with Gasteiger partial charge in [0.05, 0.1) is 24.2 Å². The maximum Gasteiger partial charge on any atom is 0.395 e. The number of alkyl halides is 3. The van der Waals surface area contributed by atoms with E-state index in [4.69, 9.17) is 0 Å². The van der Waals surface area contributed by atoms with Crippen LogP contribution in [0, 0.1) is 0 Å². The molecule has 0 aliphatic rings. The molecule has 8 nitrogen and oxygen atoms in total. The molecular formula is C19H17F3N6O2S. The number of imidazole rings is 1. The lowest BCUT2D eigenvalue weighted by molar-refractivity contribution is -0.150. The van der Waals surface area contributed by atoms with Crippen LogP contribution in [0.2, 0.25) is 0 Å². The molecule has 0 aromatic carbocycles. The van der Waals surface area contributed by atoms with E-state index >= 15 is 0 Å². The molecule has 4 rings (SSSR count). The number of rotatable bonds is 6. The number of nitrogens with zero attached hydrogens (tertiary/aromatic N) is 5. The van der Waals surface area contributed by atoms with Gasteiger partial charge in [0.2, 0.25) is 0 Å². The second-order valence-electron chi connectivity index (χ2n) is 7.09. The highest BCUT2D eigenvalue weighted by atomic mass is 32.2. The van der Waals surface area contributed by atoms with E-state index in [1.54, 1.807) is 24.7 Å². The highest BCUT2D eigenvalue weighted by Crippen LogP contribution is 2.37. The van der Waals surface area contributed by atoms with Gasteiger partial charge in [-0.05, 0) is 24.1 Å². The zero-order chi connectivity index (χ0) is 22.2. The molecule has 4 aromatic heterocycles. The number of hydrogen-bond acceptors (Lipinski definition) is 6. The molecule has 31 heavy (non-hydrogen) atoms. The van der Waals surface area contributed by atoms with Crippen molar-refractivity contribution in [1.29, 1.82) is 0 Å². The minimum atomic E-state index is -4.58. The average molecular weight is 450 g/mol. The van der Waals surface area contributed by atoms with E-state index in [9.17, 15) is 21.6 Å². The van der Waals surface area contributed by atoms with Crippen LogP contribution in [0.25, 0.3) is 28.1 Å². The number of aromatic nitrogens is 6. The first-order valence-corrected chi connectivity index (χ1v) is 11.2. The molecule has 0 saturated carbocycles. The summed E-state index contributed by atoms with van der Waals surface area (Å²) < 4.78 is 64.4. The zero-order valence-corrected chi connectivity index (χ0v) is 17.0. The van der Waals surface area contributed by atoms with Crippen LogP contribution in [0.15, 0.2) is 49.3 Å². The molecule has 0 aliphatic heterocycles. The second kappa shape index (κ2) is 7.76. The van der Waals surface area contributed by atoms with Gasteiger partial charge in [0.25, 0.3) is 0 Å². The monoisotopic (exact) mass is 450 g/mol. The molecule has 0 saturated heterocycles. The van der Waals surface area contributed by atoms with Crippen molar-refractivity contribution in [1.82, 2.24) is 29.7 Å². The van der Waals surface area contributed by atoms with E-state index in [0.29, 0.717) is 17.0 Å². The van der Waals surface area contributed by atoms with Crippen molar-refractivity contribution in [2.75, 3.05) is 12.0 Å². The minimum absolute atomic E-state index is 0.0976. The lowest BCUT2D eigenvalue weighted by Gasteiger charge is -2.20. The van der Waals surface area contributed by atoms with E-state index in [-0.39, 0.29) is 5.56 Å². The third-order valence-electron chi connectivity index (χ3n) is 4.79. The molecular weight excluding hydrogens is 433 g/mol. The fraction of sp³-hybridized carbons (Fsp3) is 0.263. The van der Waals surface area contributed by atoms with Crippen molar-refractivity contribution in [2.24, 2.45) is 0 Å². The molecule has 0 spiro atoms. The normalized spacial score (nSPS) is 13.5. The first kappa shape index (κ1) is 21.0. The van der Waals surface area contributed by atoms with Gasteiger partial charge in [-0.25, -0.2) is 28.1 Å². The van der Waals surface area contributed by atoms with Gasteiger partial charge < -0.3 is 4.98 Å². The molecule has 162 valence electrons. The SMILES string of the molecule is CS(=O)(=O)CC[C@H](c1ccc(-n2cc(-c3ccnc4[nH]cnc34)cn2)nc1)C(F)(F)F. The van der Waals surface area contributed by atoms with E-state index in [1.807, 2.05) is 0 Å². The molecule has 0 fully saturated rings. The largest absolute Gasteiger partial charge is 0.395 e. The number of hydrogen-bond donors (Lipinski definition) is 1. The van der Waals surface area contributed by atoms with Crippen molar-refractivity contribution in [2.45, 2.75) is 18.5 Å². The molecule has 0 bridgehead atoms. The van der Waals surface area contributed by atoms with E-state index < -0.39 is 34.1 Å². The quantitative estimate of drug-likeness (QED) is 0.483. The summed E-state index contributed by atoms with van der Waals surface area (Å²) in [6.07, 6.45) is 3.34. The summed E-state index contributed by atoms with van der Waals surface area (Å²) in [6, 6.07) is 4.50. The van der Waals surface area contributed by atoms with Gasteiger partial charge in [-0.1, -0.05) is 6.07 Å². The molecule has 0 aliphatic carbocycles. The van der Waals surface area contributed by atoms with E-state index in [2.05, 4.69) is 25.0 Å².